The largest absolute Gasteiger partial charge is 0.472 e. The molecule has 5 unspecified atom stereocenters. The van der Waals surface area contributed by atoms with Crippen LogP contribution >= 0.6 is 15.6 Å². The summed E-state index contributed by atoms with van der Waals surface area (Å²) >= 11 is 0. The number of hydrogen-bond donors (Lipinski definition) is 4. The van der Waals surface area contributed by atoms with Crippen molar-refractivity contribution in [3.05, 3.63) is 134 Å². The van der Waals surface area contributed by atoms with Crippen LogP contribution in [0.15, 0.2) is 134 Å². The van der Waals surface area contributed by atoms with Crippen molar-refractivity contribution >= 4 is 33.6 Å². The Labute approximate surface area is 550 Å². The predicted octanol–water partition coefficient (Wildman–Crippen LogP) is 19.2. The molecule has 520 valence electrons. The van der Waals surface area contributed by atoms with Gasteiger partial charge in [-0.1, -0.05) is 251 Å². The lowest BCUT2D eigenvalue weighted by molar-refractivity contribution is -0.161. The van der Waals surface area contributed by atoms with Crippen LogP contribution in [0, 0.1) is 0 Å². The molecule has 16 nitrogen and oxygen atoms in total. The molecule has 0 saturated carbocycles. The topological polar surface area (TPSA) is 231 Å². The van der Waals surface area contributed by atoms with Crippen molar-refractivity contribution in [2.45, 2.75) is 270 Å². The Morgan fingerprint density at radius 2 is 0.582 bits per heavy atom. The number of rotatable bonds is 64. The maximum absolute atomic E-state index is 12.9. The van der Waals surface area contributed by atoms with Crippen LogP contribution in [0.25, 0.3) is 0 Å². The van der Waals surface area contributed by atoms with E-state index < -0.39 is 91.5 Å². The first-order chi connectivity index (χ1) is 44.2. The van der Waals surface area contributed by atoms with Gasteiger partial charge in [0.1, 0.15) is 25.4 Å². The van der Waals surface area contributed by atoms with E-state index in [1.54, 1.807) is 0 Å². The molecule has 5 atom stereocenters. The third-order valence-corrected chi connectivity index (χ3v) is 15.8. The second-order valence-corrected chi connectivity index (χ2v) is 25.5. The SMILES string of the molecule is CC/C=C\C/C=C\C/C=C\C/C=C\C/C=C\C/C=C\CCCCCCC(=O)OCC(O)COP(=O)(O)OCC(O)COP(=O)(O)OCC(COC(=O)CCCCCCC/C=C\C/C=C\C/C=C\C/C=C\C/C=C\CC)OC(=O)CCCCCCCCCCCCC. The molecule has 4 N–H and O–H groups in total. The average molecular weight is 1320 g/mol. The maximum Gasteiger partial charge on any atom is 0.472 e. The van der Waals surface area contributed by atoms with Gasteiger partial charge < -0.3 is 34.2 Å². The fourth-order valence-corrected chi connectivity index (χ4v) is 10.2. The predicted molar refractivity (Wildman–Crippen MR) is 371 cm³/mol. The Balaban J connectivity index is 4.62. The number of phosphoric acid groups is 2. The molecular weight excluding hydrogens is 1190 g/mol. The molecule has 0 radical (unpaired) electrons. The lowest BCUT2D eigenvalue weighted by Crippen LogP contribution is -2.30. The number of carbonyl (C=O) groups is 3. The molecule has 0 fully saturated rings. The van der Waals surface area contributed by atoms with Gasteiger partial charge in [-0.2, -0.15) is 0 Å². The smallest absolute Gasteiger partial charge is 0.463 e. The fourth-order valence-electron chi connectivity index (χ4n) is 8.66. The van der Waals surface area contributed by atoms with Crippen molar-refractivity contribution in [2.24, 2.45) is 0 Å². The molecule has 0 saturated heterocycles. The van der Waals surface area contributed by atoms with Crippen LogP contribution in [-0.2, 0) is 55.8 Å². The zero-order valence-corrected chi connectivity index (χ0v) is 58.0. The minimum Gasteiger partial charge on any atom is -0.463 e. The van der Waals surface area contributed by atoms with Gasteiger partial charge in [0.05, 0.1) is 26.4 Å². The number of ether oxygens (including phenoxy) is 3. The number of aliphatic hydroxyl groups excluding tert-OH is 2. The minimum atomic E-state index is -4.93. The molecule has 0 heterocycles. The summed E-state index contributed by atoms with van der Waals surface area (Å²) in [6, 6.07) is 0. The first kappa shape index (κ1) is 86.7. The van der Waals surface area contributed by atoms with Gasteiger partial charge in [-0.25, -0.2) is 9.13 Å². The van der Waals surface area contributed by atoms with Gasteiger partial charge in [-0.15, -0.1) is 0 Å². The molecule has 0 rings (SSSR count). The lowest BCUT2D eigenvalue weighted by atomic mass is 10.1. The molecule has 0 aliphatic carbocycles. The lowest BCUT2D eigenvalue weighted by Gasteiger charge is -2.21. The van der Waals surface area contributed by atoms with Gasteiger partial charge in [0.15, 0.2) is 6.10 Å². The third-order valence-electron chi connectivity index (χ3n) is 13.9. The molecule has 0 aromatic carbocycles. The highest BCUT2D eigenvalue weighted by atomic mass is 31.2. The van der Waals surface area contributed by atoms with E-state index >= 15 is 0 Å². The van der Waals surface area contributed by atoms with Crippen molar-refractivity contribution in [3.8, 4) is 0 Å². The molecular formula is C73H122O16P2. The van der Waals surface area contributed by atoms with E-state index in [1.807, 2.05) is 0 Å². The van der Waals surface area contributed by atoms with Crippen molar-refractivity contribution in [1.29, 1.82) is 0 Å². The van der Waals surface area contributed by atoms with Crippen molar-refractivity contribution in [3.63, 3.8) is 0 Å². The van der Waals surface area contributed by atoms with E-state index in [2.05, 4.69) is 154 Å². The summed E-state index contributed by atoms with van der Waals surface area (Å²) in [6.07, 6.45) is 76.5. The van der Waals surface area contributed by atoms with Gasteiger partial charge in [0.2, 0.25) is 0 Å². The van der Waals surface area contributed by atoms with E-state index in [-0.39, 0.29) is 19.3 Å². The molecule has 0 aromatic rings. The van der Waals surface area contributed by atoms with Crippen LogP contribution in [0.3, 0.4) is 0 Å². The van der Waals surface area contributed by atoms with Gasteiger partial charge in [0, 0.05) is 19.3 Å². The zero-order chi connectivity index (χ0) is 66.7. The first-order valence-electron chi connectivity index (χ1n) is 34.5. The molecule has 91 heavy (non-hydrogen) atoms. The molecule has 0 bridgehead atoms. The normalized spacial score (nSPS) is 15.0. The Morgan fingerprint density at radius 3 is 0.923 bits per heavy atom. The molecule has 0 aromatic heterocycles. The Morgan fingerprint density at radius 1 is 0.319 bits per heavy atom. The second kappa shape index (κ2) is 65.7. The van der Waals surface area contributed by atoms with Gasteiger partial charge >= 0.3 is 33.6 Å². The summed E-state index contributed by atoms with van der Waals surface area (Å²) in [7, 11) is -9.79. The number of carbonyl (C=O) groups excluding carboxylic acids is 3. The van der Waals surface area contributed by atoms with Crippen LogP contribution in [0.2, 0.25) is 0 Å². The minimum absolute atomic E-state index is 0.0982. The van der Waals surface area contributed by atoms with Crippen LogP contribution in [0.5, 0.6) is 0 Å². The summed E-state index contributed by atoms with van der Waals surface area (Å²) in [5.41, 5.74) is 0. The van der Waals surface area contributed by atoms with Crippen LogP contribution in [0.1, 0.15) is 252 Å². The Kier molecular flexibility index (Phi) is 62.6. The summed E-state index contributed by atoms with van der Waals surface area (Å²) in [4.78, 5) is 58.3. The van der Waals surface area contributed by atoms with Crippen molar-refractivity contribution in [2.75, 3.05) is 39.6 Å². The standard InChI is InChI=1S/C73H122O16P2/c1-4-7-10-13-16-19-22-24-26-28-30-32-33-35-37-38-40-42-45-47-50-53-56-59-71(76)83-62-68(74)63-85-90(79,80)86-64-69(75)65-87-91(81,82)88-67-70(89-73(78)61-58-55-52-49-44-21-18-15-12-9-6-3)66-84-72(77)60-57-54-51-48-46-43-41-39-36-34-31-29-27-25-23-20-17-14-11-8-5-2/h7-8,10-11,16-17,19-20,24-27,30-32,34-35,37,39-42,68-70,74-75H,4-6,9,12-15,18,21-23,28-29,33,36,38,43-67H2,1-3H3,(H,79,80)(H,81,82)/b10-7-,11-8-,19-16-,20-17-,26-24-,27-25-,32-30-,34-31-,37-35-,41-39-,42-40-. The summed E-state index contributed by atoms with van der Waals surface area (Å²) in [6.45, 7) is 2.36. The fraction of sp³-hybridized carbons (Fsp3) is 0.658. The molecule has 0 spiro atoms. The zero-order valence-electron chi connectivity index (χ0n) is 56.2. The summed E-state index contributed by atoms with van der Waals surface area (Å²) < 4.78 is 60.8. The second-order valence-electron chi connectivity index (χ2n) is 22.6. The molecule has 0 aliphatic rings. The van der Waals surface area contributed by atoms with E-state index in [0.29, 0.717) is 19.3 Å². The highest BCUT2D eigenvalue weighted by molar-refractivity contribution is 7.47. The number of unbranched alkanes of at least 4 members (excludes halogenated alkanes) is 19. The highest BCUT2D eigenvalue weighted by Gasteiger charge is 2.29. The number of aliphatic hydroxyl groups is 2. The van der Waals surface area contributed by atoms with Crippen molar-refractivity contribution < 1.29 is 75.8 Å². The monoisotopic (exact) mass is 1320 g/mol. The van der Waals surface area contributed by atoms with Crippen LogP contribution < -0.4 is 0 Å². The average Bonchev–Trinajstić information content (AvgIpc) is 3.58. The van der Waals surface area contributed by atoms with Gasteiger partial charge in [0.25, 0.3) is 0 Å². The Bertz CT molecular complexity index is 2190. The number of esters is 3. The van der Waals surface area contributed by atoms with E-state index in [4.69, 9.17) is 32.3 Å². The van der Waals surface area contributed by atoms with Crippen LogP contribution in [-0.4, -0.2) is 95.9 Å². The molecule has 18 heteroatoms. The number of hydrogen-bond acceptors (Lipinski definition) is 14. The highest BCUT2D eigenvalue weighted by Crippen LogP contribution is 2.45. The maximum atomic E-state index is 12.9. The van der Waals surface area contributed by atoms with E-state index in [1.165, 1.54) is 38.5 Å². The van der Waals surface area contributed by atoms with E-state index in [0.717, 1.165) is 154 Å². The molecule has 0 aliphatic heterocycles. The van der Waals surface area contributed by atoms with Gasteiger partial charge in [-0.3, -0.25) is 32.5 Å². The Hall–Kier alpha value is -4.31. The summed E-state index contributed by atoms with van der Waals surface area (Å²) in [5, 5.41) is 20.5. The van der Waals surface area contributed by atoms with Gasteiger partial charge in [-0.05, 0) is 116 Å². The third kappa shape index (κ3) is 66.9. The quantitative estimate of drug-likeness (QED) is 0.0146. The number of phosphoric ester groups is 2. The van der Waals surface area contributed by atoms with Crippen LogP contribution in [0.4, 0.5) is 0 Å². The van der Waals surface area contributed by atoms with E-state index in [9.17, 15) is 43.5 Å². The molecule has 0 amide bonds. The number of allylic oxidation sites excluding steroid dienone is 22. The summed E-state index contributed by atoms with van der Waals surface area (Å²) in [5.74, 6) is -1.62. The van der Waals surface area contributed by atoms with Crippen molar-refractivity contribution in [1.82, 2.24) is 0 Å². The first-order valence-corrected chi connectivity index (χ1v) is 37.5.